The van der Waals surface area contributed by atoms with Gasteiger partial charge in [0.2, 0.25) is 5.91 Å². The van der Waals surface area contributed by atoms with Gasteiger partial charge < -0.3 is 11.1 Å². The molecule has 0 aliphatic heterocycles. The van der Waals surface area contributed by atoms with Gasteiger partial charge in [0.05, 0.1) is 11.4 Å². The van der Waals surface area contributed by atoms with E-state index in [4.69, 9.17) is 5.73 Å². The number of aryl methyl sites for hydroxylation is 2. The molecular weight excluding hydrogens is 240 g/mol. The Morgan fingerprint density at radius 2 is 2.00 bits per heavy atom. The van der Waals surface area contributed by atoms with Crippen molar-refractivity contribution in [2.75, 3.05) is 11.1 Å². The number of aromatic nitrogens is 2. The summed E-state index contributed by atoms with van der Waals surface area (Å²) in [5.41, 5.74) is 7.23. The number of hydrogen-bond acceptors (Lipinski definition) is 3. The molecule has 3 N–H and O–H groups in total. The van der Waals surface area contributed by atoms with Crippen molar-refractivity contribution in [3.63, 3.8) is 0 Å². The second kappa shape index (κ2) is 6.08. The first-order valence-electron chi connectivity index (χ1n) is 7.17. The molecule has 1 heterocycles. The van der Waals surface area contributed by atoms with Gasteiger partial charge >= 0.3 is 0 Å². The minimum Gasteiger partial charge on any atom is -0.394 e. The highest BCUT2D eigenvalue weighted by atomic mass is 16.1. The zero-order valence-electron chi connectivity index (χ0n) is 11.9. The smallest absolute Gasteiger partial charge is 0.225 e. The number of nitrogens with one attached hydrogen (secondary N) is 1. The molecule has 0 bridgehead atoms. The average molecular weight is 264 g/mol. The third-order valence-corrected chi connectivity index (χ3v) is 3.98. The van der Waals surface area contributed by atoms with E-state index < -0.39 is 0 Å². The number of nitrogens with two attached hydrogens (primary N) is 1. The number of carbonyl (C=O) groups excluding carboxylic acids is 1. The minimum atomic E-state index is 0.0570. The van der Waals surface area contributed by atoms with Crippen LogP contribution in [0.2, 0.25) is 0 Å². The maximum absolute atomic E-state index is 12.1. The Labute approximate surface area is 114 Å². The van der Waals surface area contributed by atoms with E-state index in [1.807, 2.05) is 6.92 Å². The number of anilines is 2. The molecule has 1 fully saturated rings. The summed E-state index contributed by atoms with van der Waals surface area (Å²) in [6, 6.07) is 0. The lowest BCUT2D eigenvalue weighted by atomic mass is 9.96. The predicted octanol–water partition coefficient (Wildman–Crippen LogP) is 2.61. The fraction of sp³-hybridized carbons (Fsp3) is 0.714. The van der Waals surface area contributed by atoms with Gasteiger partial charge in [0.25, 0.3) is 0 Å². The van der Waals surface area contributed by atoms with Crippen molar-refractivity contribution in [2.24, 2.45) is 13.0 Å². The van der Waals surface area contributed by atoms with E-state index in [1.165, 1.54) is 38.5 Å². The van der Waals surface area contributed by atoms with E-state index in [0.29, 0.717) is 23.8 Å². The van der Waals surface area contributed by atoms with Gasteiger partial charge in [-0.15, -0.1) is 0 Å². The SMILES string of the molecule is Cc1nn(C)c(NC(=O)CC2CCCCCC2)c1N. The highest BCUT2D eigenvalue weighted by molar-refractivity contribution is 5.93. The first-order valence-corrected chi connectivity index (χ1v) is 7.17. The van der Waals surface area contributed by atoms with Crippen LogP contribution in [-0.4, -0.2) is 15.7 Å². The normalized spacial score (nSPS) is 17.2. The van der Waals surface area contributed by atoms with E-state index in [0.717, 1.165) is 5.69 Å². The molecule has 0 spiro atoms. The first kappa shape index (κ1) is 13.9. The van der Waals surface area contributed by atoms with E-state index in [9.17, 15) is 4.79 Å². The largest absolute Gasteiger partial charge is 0.394 e. The molecule has 0 aromatic carbocycles. The van der Waals surface area contributed by atoms with Gasteiger partial charge in [0.1, 0.15) is 0 Å². The van der Waals surface area contributed by atoms with Crippen molar-refractivity contribution >= 4 is 17.4 Å². The van der Waals surface area contributed by atoms with Gasteiger partial charge in [-0.2, -0.15) is 5.10 Å². The maximum atomic E-state index is 12.1. The van der Waals surface area contributed by atoms with Crippen LogP contribution in [0.5, 0.6) is 0 Å². The molecular formula is C14H24N4O. The van der Waals surface area contributed by atoms with E-state index in [-0.39, 0.29) is 5.91 Å². The minimum absolute atomic E-state index is 0.0570. The lowest BCUT2D eigenvalue weighted by Crippen LogP contribution is -2.18. The monoisotopic (exact) mass is 264 g/mol. The second-order valence-electron chi connectivity index (χ2n) is 5.58. The van der Waals surface area contributed by atoms with Gasteiger partial charge in [-0.3, -0.25) is 9.48 Å². The summed E-state index contributed by atoms with van der Waals surface area (Å²) in [6.07, 6.45) is 8.08. The van der Waals surface area contributed by atoms with Gasteiger partial charge in [0, 0.05) is 13.5 Å². The van der Waals surface area contributed by atoms with Crippen LogP contribution in [0, 0.1) is 12.8 Å². The van der Waals surface area contributed by atoms with Crippen molar-refractivity contribution in [1.82, 2.24) is 9.78 Å². The fourth-order valence-electron chi connectivity index (χ4n) is 2.84. The van der Waals surface area contributed by atoms with Crippen molar-refractivity contribution in [2.45, 2.75) is 51.9 Å². The molecule has 1 aromatic heterocycles. The number of amides is 1. The molecule has 1 amide bonds. The summed E-state index contributed by atoms with van der Waals surface area (Å²) >= 11 is 0. The molecule has 2 rings (SSSR count). The maximum Gasteiger partial charge on any atom is 0.225 e. The quantitative estimate of drug-likeness (QED) is 0.824. The van der Waals surface area contributed by atoms with Gasteiger partial charge in [0.15, 0.2) is 5.82 Å². The molecule has 5 nitrogen and oxygen atoms in total. The number of nitrogen functional groups attached to an aromatic ring is 1. The van der Waals surface area contributed by atoms with Gasteiger partial charge in [-0.05, 0) is 25.7 Å². The molecule has 0 atom stereocenters. The van der Waals surface area contributed by atoms with Crippen molar-refractivity contribution in [3.8, 4) is 0 Å². The molecule has 1 aliphatic rings. The van der Waals surface area contributed by atoms with E-state index in [1.54, 1.807) is 11.7 Å². The molecule has 0 saturated heterocycles. The van der Waals surface area contributed by atoms with Crippen molar-refractivity contribution in [1.29, 1.82) is 0 Å². The lowest BCUT2D eigenvalue weighted by Gasteiger charge is -2.13. The third-order valence-electron chi connectivity index (χ3n) is 3.98. The molecule has 1 aliphatic carbocycles. The number of hydrogen-bond donors (Lipinski definition) is 2. The summed E-state index contributed by atoms with van der Waals surface area (Å²) in [6.45, 7) is 1.84. The highest BCUT2D eigenvalue weighted by Gasteiger charge is 2.18. The van der Waals surface area contributed by atoms with Crippen molar-refractivity contribution < 1.29 is 4.79 Å². The van der Waals surface area contributed by atoms with E-state index >= 15 is 0 Å². The molecule has 19 heavy (non-hydrogen) atoms. The Kier molecular flexibility index (Phi) is 4.45. The van der Waals surface area contributed by atoms with Crippen LogP contribution in [-0.2, 0) is 11.8 Å². The standard InChI is InChI=1S/C14H24N4O/c1-10-13(15)14(18(2)17-10)16-12(19)9-11-7-5-3-4-6-8-11/h11H,3-9,15H2,1-2H3,(H,16,19). The fourth-order valence-corrected chi connectivity index (χ4v) is 2.84. The molecule has 0 radical (unpaired) electrons. The summed E-state index contributed by atoms with van der Waals surface area (Å²) in [7, 11) is 1.80. The van der Waals surface area contributed by atoms with Crippen LogP contribution in [0.25, 0.3) is 0 Å². The zero-order valence-corrected chi connectivity index (χ0v) is 11.9. The number of nitrogens with zero attached hydrogens (tertiary/aromatic N) is 2. The predicted molar refractivity (Wildman–Crippen MR) is 76.8 cm³/mol. The van der Waals surface area contributed by atoms with Gasteiger partial charge in [-0.1, -0.05) is 25.7 Å². The molecule has 0 unspecified atom stereocenters. The molecule has 1 saturated carbocycles. The summed E-state index contributed by atoms with van der Waals surface area (Å²) in [5, 5.41) is 7.11. The van der Waals surface area contributed by atoms with Crippen LogP contribution in [0.4, 0.5) is 11.5 Å². The second-order valence-corrected chi connectivity index (χ2v) is 5.58. The average Bonchev–Trinajstić information content (AvgIpc) is 2.60. The number of carbonyl (C=O) groups is 1. The van der Waals surface area contributed by atoms with Gasteiger partial charge in [-0.25, -0.2) is 0 Å². The Hall–Kier alpha value is -1.52. The van der Waals surface area contributed by atoms with Crippen molar-refractivity contribution in [3.05, 3.63) is 5.69 Å². The van der Waals surface area contributed by atoms with Crippen LogP contribution in [0.1, 0.15) is 50.6 Å². The van der Waals surface area contributed by atoms with Crippen LogP contribution in [0.3, 0.4) is 0 Å². The molecule has 106 valence electrons. The zero-order chi connectivity index (χ0) is 13.8. The van der Waals surface area contributed by atoms with Crippen LogP contribution in [0.15, 0.2) is 0 Å². The Morgan fingerprint density at radius 3 is 2.53 bits per heavy atom. The summed E-state index contributed by atoms with van der Waals surface area (Å²) in [4.78, 5) is 12.1. The lowest BCUT2D eigenvalue weighted by molar-refractivity contribution is -0.117. The van der Waals surface area contributed by atoms with E-state index in [2.05, 4.69) is 10.4 Å². The van der Waals surface area contributed by atoms with Crippen LogP contribution >= 0.6 is 0 Å². The summed E-state index contributed by atoms with van der Waals surface area (Å²) in [5.74, 6) is 1.20. The Morgan fingerprint density at radius 1 is 1.37 bits per heavy atom. The summed E-state index contributed by atoms with van der Waals surface area (Å²) < 4.78 is 1.63. The molecule has 1 aromatic rings. The highest BCUT2D eigenvalue weighted by Crippen LogP contribution is 2.26. The first-order chi connectivity index (χ1) is 9.08. The topological polar surface area (TPSA) is 72.9 Å². The Balaban J connectivity index is 1.93. The van der Waals surface area contributed by atoms with Crippen LogP contribution < -0.4 is 11.1 Å². The Bertz CT molecular complexity index is 445. The third kappa shape index (κ3) is 3.49. The molecule has 5 heteroatoms. The number of rotatable bonds is 3.